The summed E-state index contributed by atoms with van der Waals surface area (Å²) in [6, 6.07) is 31.3. The summed E-state index contributed by atoms with van der Waals surface area (Å²) in [6.45, 7) is 0. The smallest absolute Gasteiger partial charge is 0.323 e. The first-order chi connectivity index (χ1) is 16.7. The Balaban J connectivity index is 1.49. The van der Waals surface area contributed by atoms with E-state index in [4.69, 9.17) is 20.4 Å². The highest BCUT2D eigenvalue weighted by Gasteiger charge is 2.37. The molecule has 1 aliphatic heterocycles. The Morgan fingerprint density at radius 3 is 2.18 bits per heavy atom. The number of benzene rings is 4. The summed E-state index contributed by atoms with van der Waals surface area (Å²) in [6.07, 6.45) is 0. The molecule has 0 atom stereocenters. The van der Waals surface area contributed by atoms with Crippen molar-refractivity contribution in [3.05, 3.63) is 108 Å². The average Bonchev–Trinajstić information content (AvgIpc) is 3.31. The highest BCUT2D eigenvalue weighted by atomic mass is 35.7. The van der Waals surface area contributed by atoms with Gasteiger partial charge in [-0.3, -0.25) is 9.69 Å². The predicted molar refractivity (Wildman–Crippen MR) is 140 cm³/mol. The lowest BCUT2D eigenvalue weighted by molar-refractivity contribution is -0.135. The zero-order valence-electron chi connectivity index (χ0n) is 17.7. The number of esters is 1. The lowest BCUT2D eigenvalue weighted by atomic mass is 9.85. The van der Waals surface area contributed by atoms with Crippen molar-refractivity contribution >= 4 is 65.7 Å². The Hall–Kier alpha value is -3.32. The number of ether oxygens (including phenoxy) is 1. The first-order valence-electron chi connectivity index (χ1n) is 10.7. The second-order valence-electron chi connectivity index (χ2n) is 7.80. The molecule has 4 nitrogen and oxygen atoms in total. The van der Waals surface area contributed by atoms with Gasteiger partial charge in [-0.05, 0) is 69.2 Å². The summed E-state index contributed by atoms with van der Waals surface area (Å²) >= 11 is 1.63. The molecule has 0 bridgehead atoms. The maximum Gasteiger partial charge on any atom is 0.323 e. The number of halogens is 1. The third kappa shape index (κ3) is 3.55. The van der Waals surface area contributed by atoms with Gasteiger partial charge in [0, 0.05) is 0 Å². The van der Waals surface area contributed by atoms with Crippen molar-refractivity contribution in [2.24, 2.45) is 0 Å². The van der Waals surface area contributed by atoms with Crippen molar-refractivity contribution < 1.29 is 9.53 Å². The molecule has 1 aromatic heterocycles. The third-order valence-electron chi connectivity index (χ3n) is 5.83. The van der Waals surface area contributed by atoms with E-state index in [0.717, 1.165) is 48.8 Å². The molecule has 5 aromatic rings. The van der Waals surface area contributed by atoms with E-state index in [9.17, 15) is 4.79 Å². The first-order valence-corrected chi connectivity index (χ1v) is 13.1. The van der Waals surface area contributed by atoms with Crippen LogP contribution in [0.15, 0.2) is 102 Å². The topological polar surface area (TPSA) is 42.4 Å². The van der Waals surface area contributed by atoms with Gasteiger partial charge in [0.1, 0.15) is 11.7 Å². The lowest BCUT2D eigenvalue weighted by Crippen LogP contribution is -2.28. The molecule has 0 fully saturated rings. The highest BCUT2D eigenvalue weighted by molar-refractivity contribution is 8.21. The minimum absolute atomic E-state index is 0.345. The Morgan fingerprint density at radius 1 is 0.853 bits per heavy atom. The zero-order chi connectivity index (χ0) is 23.1. The third-order valence-corrected chi connectivity index (χ3v) is 7.85. The van der Waals surface area contributed by atoms with Gasteiger partial charge in [0.25, 0.3) is 0 Å². The molecule has 6 rings (SSSR count). The van der Waals surface area contributed by atoms with E-state index in [0.29, 0.717) is 10.6 Å². The fraction of sp³-hybridized carbons (Fsp3) is 0.0370. The number of thiazole rings is 1. The van der Waals surface area contributed by atoms with Gasteiger partial charge in [-0.25, -0.2) is 4.98 Å². The second-order valence-corrected chi connectivity index (χ2v) is 9.86. The Labute approximate surface area is 209 Å². The molecule has 0 amide bonds. The Bertz CT molecular complexity index is 1450. The monoisotopic (exact) mass is 500 g/mol. The maximum absolute atomic E-state index is 13.6. The van der Waals surface area contributed by atoms with Crippen LogP contribution in [0.3, 0.4) is 0 Å². The van der Waals surface area contributed by atoms with Gasteiger partial charge in [-0.2, -0.15) is 0 Å². The number of nitrogens with zero attached hydrogens (tertiary/aromatic N) is 2. The van der Waals surface area contributed by atoms with Crippen molar-refractivity contribution in [2.45, 2.75) is 10.8 Å². The van der Waals surface area contributed by atoms with Gasteiger partial charge in [-0.1, -0.05) is 72.0 Å². The zero-order valence-corrected chi connectivity index (χ0v) is 20.1. The van der Waals surface area contributed by atoms with Gasteiger partial charge in [0.05, 0.1) is 26.5 Å². The quantitative estimate of drug-likeness (QED) is 0.184. The number of carbonyl (C=O) groups is 1. The van der Waals surface area contributed by atoms with E-state index >= 15 is 0 Å². The van der Waals surface area contributed by atoms with Gasteiger partial charge in [-0.15, -0.1) is 0 Å². The van der Waals surface area contributed by atoms with Crippen LogP contribution in [0.5, 0.6) is 5.75 Å². The Morgan fingerprint density at radius 2 is 1.47 bits per heavy atom. The molecule has 0 N–H and O–H groups in total. The molecule has 4 aromatic carbocycles. The van der Waals surface area contributed by atoms with Crippen LogP contribution in [0.25, 0.3) is 10.2 Å². The SMILES string of the molecule is O=C(Oc1ccccc1SCl)C1c2ccccc2N(c2nc3ccccc3s2)c2ccccc21. The van der Waals surface area contributed by atoms with Crippen LogP contribution in [0, 0.1) is 0 Å². The summed E-state index contributed by atoms with van der Waals surface area (Å²) < 4.78 is 7.02. The first kappa shape index (κ1) is 21.2. The normalized spacial score (nSPS) is 12.9. The summed E-state index contributed by atoms with van der Waals surface area (Å²) in [5.74, 6) is -0.468. The van der Waals surface area contributed by atoms with Gasteiger partial charge < -0.3 is 4.74 Å². The number of carbonyl (C=O) groups excluding carboxylic acids is 1. The molecule has 7 heteroatoms. The highest BCUT2D eigenvalue weighted by Crippen LogP contribution is 2.50. The minimum Gasteiger partial charge on any atom is -0.425 e. The predicted octanol–water partition coefficient (Wildman–Crippen LogP) is 8.06. The van der Waals surface area contributed by atoms with Crippen LogP contribution in [0.4, 0.5) is 16.5 Å². The molecular formula is C27H17ClN2O2S2. The van der Waals surface area contributed by atoms with Crippen LogP contribution in [-0.4, -0.2) is 11.0 Å². The number of para-hydroxylation sites is 4. The van der Waals surface area contributed by atoms with Crippen molar-refractivity contribution in [1.82, 2.24) is 4.98 Å². The van der Waals surface area contributed by atoms with Crippen LogP contribution >= 0.6 is 33.0 Å². The van der Waals surface area contributed by atoms with Gasteiger partial charge >= 0.3 is 5.97 Å². The van der Waals surface area contributed by atoms with Crippen LogP contribution in [-0.2, 0) is 4.79 Å². The van der Waals surface area contributed by atoms with Crippen molar-refractivity contribution in [3.63, 3.8) is 0 Å². The molecule has 0 saturated carbocycles. The molecule has 0 saturated heterocycles. The second kappa shape index (κ2) is 8.80. The fourth-order valence-electron chi connectivity index (χ4n) is 4.35. The van der Waals surface area contributed by atoms with Crippen LogP contribution in [0.1, 0.15) is 17.0 Å². The summed E-state index contributed by atoms with van der Waals surface area (Å²) in [4.78, 5) is 21.4. The molecule has 166 valence electrons. The summed E-state index contributed by atoms with van der Waals surface area (Å²) in [5, 5.41) is 0.858. The molecule has 0 aliphatic carbocycles. The van der Waals surface area contributed by atoms with E-state index in [-0.39, 0.29) is 5.97 Å². The number of aromatic nitrogens is 1. The molecule has 2 heterocycles. The number of anilines is 3. The van der Waals surface area contributed by atoms with E-state index in [2.05, 4.69) is 11.0 Å². The van der Waals surface area contributed by atoms with E-state index in [1.807, 2.05) is 84.9 Å². The molecule has 0 unspecified atom stereocenters. The van der Waals surface area contributed by atoms with Crippen molar-refractivity contribution in [2.75, 3.05) is 4.90 Å². The lowest BCUT2D eigenvalue weighted by Gasteiger charge is -2.35. The molecule has 0 spiro atoms. The number of rotatable bonds is 4. The van der Waals surface area contributed by atoms with Crippen LogP contribution in [0.2, 0.25) is 0 Å². The van der Waals surface area contributed by atoms with Crippen molar-refractivity contribution in [1.29, 1.82) is 0 Å². The fourth-order valence-corrected chi connectivity index (χ4v) is 6.04. The maximum atomic E-state index is 13.6. The van der Waals surface area contributed by atoms with Crippen molar-refractivity contribution in [3.8, 4) is 5.75 Å². The number of fused-ring (bicyclic) bond motifs is 3. The number of hydrogen-bond acceptors (Lipinski definition) is 6. The largest absolute Gasteiger partial charge is 0.425 e. The Kier molecular flexibility index (Phi) is 5.49. The molecule has 34 heavy (non-hydrogen) atoms. The summed E-state index contributed by atoms with van der Waals surface area (Å²) in [7, 11) is 7.03. The minimum atomic E-state index is -0.577. The molecule has 0 radical (unpaired) electrons. The van der Waals surface area contributed by atoms with E-state index in [1.165, 1.54) is 0 Å². The van der Waals surface area contributed by atoms with Gasteiger partial charge in [0.15, 0.2) is 5.13 Å². The van der Waals surface area contributed by atoms with E-state index < -0.39 is 5.92 Å². The average molecular weight is 501 g/mol. The number of hydrogen-bond donors (Lipinski definition) is 0. The molecule has 1 aliphatic rings. The van der Waals surface area contributed by atoms with E-state index in [1.54, 1.807) is 17.4 Å². The van der Waals surface area contributed by atoms with Crippen LogP contribution < -0.4 is 9.64 Å². The summed E-state index contributed by atoms with van der Waals surface area (Å²) in [5.41, 5.74) is 4.54. The standard InChI is InChI=1S/C27H17ClN2O2S2/c28-34-24-16-8-6-14-22(24)32-26(31)25-17-9-1-4-12-20(17)30(21-13-5-2-10-18(21)25)27-29-19-11-3-7-15-23(19)33-27/h1-16,25H. The molecular weight excluding hydrogens is 484 g/mol. The van der Waals surface area contributed by atoms with Gasteiger partial charge in [0.2, 0.25) is 0 Å².